The lowest BCUT2D eigenvalue weighted by Crippen LogP contribution is -2.27. The molecule has 2 atom stereocenters. The maximum atomic E-state index is 11.4. The Morgan fingerprint density at radius 1 is 0.914 bits per heavy atom. The number of benzene rings is 3. The predicted molar refractivity (Wildman–Crippen MR) is 156 cm³/mol. The van der Waals surface area contributed by atoms with Crippen molar-refractivity contribution in [1.82, 2.24) is 0 Å². The molecule has 0 saturated carbocycles. The summed E-state index contributed by atoms with van der Waals surface area (Å²) in [5.74, 6) is 0.461. The van der Waals surface area contributed by atoms with Crippen LogP contribution in [0.5, 0.6) is 5.75 Å². The van der Waals surface area contributed by atoms with Crippen molar-refractivity contribution in [2.24, 2.45) is 4.99 Å². The third-order valence-corrected chi connectivity index (χ3v) is 9.39. The van der Waals surface area contributed by atoms with Crippen molar-refractivity contribution in [2.75, 3.05) is 7.05 Å². The van der Waals surface area contributed by atoms with Crippen LogP contribution in [-0.4, -0.2) is 17.9 Å². The van der Waals surface area contributed by atoms with Crippen molar-refractivity contribution in [3.8, 4) is 5.75 Å². The van der Waals surface area contributed by atoms with E-state index in [1.165, 1.54) is 22.0 Å². The van der Waals surface area contributed by atoms with Gasteiger partial charge in [0.25, 0.3) is 0 Å². The van der Waals surface area contributed by atoms with Crippen LogP contribution in [0, 0.1) is 13.8 Å². The SMILES string of the molecule is CCCC(CC)(Pc1c(C)cccc1/C(=N/C)c1ccccc1)c1cc(C(C)(C)C)cc(C)c1O. The van der Waals surface area contributed by atoms with Crippen molar-refractivity contribution < 1.29 is 5.11 Å². The average Bonchev–Trinajstić information content (AvgIpc) is 2.82. The van der Waals surface area contributed by atoms with Crippen LogP contribution in [0.4, 0.5) is 0 Å². The number of nitrogens with zero attached hydrogens (tertiary/aromatic N) is 1. The Labute approximate surface area is 214 Å². The minimum absolute atomic E-state index is 0.0190. The van der Waals surface area contributed by atoms with Crippen LogP contribution < -0.4 is 5.30 Å². The smallest absolute Gasteiger partial charge is 0.122 e. The fourth-order valence-corrected chi connectivity index (χ4v) is 6.97. The second-order valence-electron chi connectivity index (χ2n) is 10.7. The Bertz CT molecular complexity index is 1190. The maximum absolute atomic E-state index is 11.4. The highest BCUT2D eigenvalue weighted by Gasteiger charge is 2.35. The van der Waals surface area contributed by atoms with Crippen LogP contribution in [0.15, 0.2) is 65.7 Å². The molecular weight excluding hydrogens is 445 g/mol. The van der Waals surface area contributed by atoms with Crippen LogP contribution in [-0.2, 0) is 10.6 Å². The number of aromatic hydroxyl groups is 1. The highest BCUT2D eigenvalue weighted by molar-refractivity contribution is 7.49. The average molecular weight is 488 g/mol. The number of hydrogen-bond acceptors (Lipinski definition) is 2. The molecule has 0 fully saturated rings. The van der Waals surface area contributed by atoms with Gasteiger partial charge in [0.1, 0.15) is 5.75 Å². The van der Waals surface area contributed by atoms with Crippen LogP contribution in [0.1, 0.15) is 87.3 Å². The van der Waals surface area contributed by atoms with Gasteiger partial charge in [-0.05, 0) is 54.1 Å². The first-order valence-corrected chi connectivity index (χ1v) is 13.8. The molecule has 0 aliphatic carbocycles. The highest BCUT2D eigenvalue weighted by Crippen LogP contribution is 2.52. The zero-order chi connectivity index (χ0) is 25.8. The molecule has 0 radical (unpaired) electrons. The van der Waals surface area contributed by atoms with Gasteiger partial charge in [0.2, 0.25) is 0 Å². The van der Waals surface area contributed by atoms with Gasteiger partial charge in [-0.3, -0.25) is 4.99 Å². The maximum Gasteiger partial charge on any atom is 0.122 e. The van der Waals surface area contributed by atoms with E-state index in [2.05, 4.69) is 96.1 Å². The van der Waals surface area contributed by atoms with Crippen LogP contribution in [0.3, 0.4) is 0 Å². The minimum Gasteiger partial charge on any atom is -0.507 e. The molecule has 3 aromatic carbocycles. The Morgan fingerprint density at radius 2 is 1.60 bits per heavy atom. The summed E-state index contributed by atoms with van der Waals surface area (Å²) < 4.78 is 0. The topological polar surface area (TPSA) is 32.6 Å². The molecular formula is C32H42NOP. The van der Waals surface area contributed by atoms with Crippen LogP contribution in [0.25, 0.3) is 0 Å². The second-order valence-corrected chi connectivity index (χ2v) is 12.4. The minimum atomic E-state index is -0.138. The number of hydrogen-bond donors (Lipinski definition) is 1. The fourth-order valence-electron chi connectivity index (χ4n) is 5.00. The Balaban J connectivity index is 2.25. The van der Waals surface area contributed by atoms with Gasteiger partial charge in [0.15, 0.2) is 0 Å². The van der Waals surface area contributed by atoms with E-state index >= 15 is 0 Å². The molecule has 0 heterocycles. The lowest BCUT2D eigenvalue weighted by Gasteiger charge is -2.37. The number of aryl methyl sites for hydroxylation is 2. The molecule has 0 spiro atoms. The summed E-state index contributed by atoms with van der Waals surface area (Å²) >= 11 is 0. The summed E-state index contributed by atoms with van der Waals surface area (Å²) in [5, 5.41) is 12.6. The lowest BCUT2D eigenvalue weighted by molar-refractivity contribution is 0.437. The van der Waals surface area contributed by atoms with Crippen molar-refractivity contribution in [3.63, 3.8) is 0 Å². The fraction of sp³-hybridized carbons (Fsp3) is 0.406. The van der Waals surface area contributed by atoms with Crippen molar-refractivity contribution in [2.45, 2.75) is 78.3 Å². The second kappa shape index (κ2) is 11.1. The van der Waals surface area contributed by atoms with E-state index in [1.54, 1.807) is 0 Å². The first-order valence-electron chi connectivity index (χ1n) is 12.8. The van der Waals surface area contributed by atoms with Gasteiger partial charge in [-0.25, -0.2) is 0 Å². The van der Waals surface area contributed by atoms with Gasteiger partial charge in [-0.2, -0.15) is 0 Å². The van der Waals surface area contributed by atoms with Crippen molar-refractivity contribution >= 4 is 19.6 Å². The molecule has 0 saturated heterocycles. The van der Waals surface area contributed by atoms with Crippen LogP contribution in [0.2, 0.25) is 0 Å². The Kier molecular flexibility index (Phi) is 8.60. The summed E-state index contributed by atoms with van der Waals surface area (Å²) in [5.41, 5.74) is 8.03. The molecule has 2 nitrogen and oxygen atoms in total. The number of rotatable bonds is 8. The molecule has 0 bridgehead atoms. The Hall–Kier alpha value is -2.44. The molecule has 3 rings (SSSR count). The molecule has 0 aliphatic heterocycles. The summed E-state index contributed by atoms with van der Waals surface area (Å²) in [6, 6.07) is 21.5. The van der Waals surface area contributed by atoms with Gasteiger partial charge in [-0.1, -0.05) is 110 Å². The van der Waals surface area contributed by atoms with E-state index in [0.717, 1.165) is 41.7 Å². The third-order valence-electron chi connectivity index (χ3n) is 7.13. The quantitative estimate of drug-likeness (QED) is 0.252. The zero-order valence-corrected chi connectivity index (χ0v) is 23.8. The Morgan fingerprint density at radius 3 is 2.17 bits per heavy atom. The molecule has 1 N–H and O–H groups in total. The molecule has 2 unspecified atom stereocenters. The summed E-state index contributed by atoms with van der Waals surface area (Å²) in [6.07, 6.45) is 3.06. The lowest BCUT2D eigenvalue weighted by atomic mass is 9.81. The number of aliphatic imine (C=N–C) groups is 1. The highest BCUT2D eigenvalue weighted by atomic mass is 31.1. The zero-order valence-electron chi connectivity index (χ0n) is 22.8. The number of phenolic OH excluding ortho intramolecular Hbond substituents is 1. The van der Waals surface area contributed by atoms with E-state index in [0.29, 0.717) is 14.3 Å². The van der Waals surface area contributed by atoms with E-state index in [-0.39, 0.29) is 10.6 Å². The molecule has 186 valence electrons. The van der Waals surface area contributed by atoms with Gasteiger partial charge in [0, 0.05) is 28.9 Å². The van der Waals surface area contributed by atoms with Crippen LogP contribution >= 0.6 is 8.58 Å². The summed E-state index contributed by atoms with van der Waals surface area (Å²) in [6.45, 7) is 15.6. The molecule has 35 heavy (non-hydrogen) atoms. The van der Waals surface area contributed by atoms with E-state index in [1.807, 2.05) is 20.0 Å². The van der Waals surface area contributed by atoms with Gasteiger partial charge in [0.05, 0.1) is 5.71 Å². The van der Waals surface area contributed by atoms with Gasteiger partial charge in [-0.15, -0.1) is 0 Å². The van der Waals surface area contributed by atoms with Gasteiger partial charge < -0.3 is 5.11 Å². The van der Waals surface area contributed by atoms with E-state index in [9.17, 15) is 5.11 Å². The first-order chi connectivity index (χ1) is 16.6. The summed E-state index contributed by atoms with van der Waals surface area (Å²) in [7, 11) is 2.41. The molecule has 0 amide bonds. The molecule has 3 aromatic rings. The van der Waals surface area contributed by atoms with E-state index < -0.39 is 0 Å². The summed E-state index contributed by atoms with van der Waals surface area (Å²) in [4.78, 5) is 4.75. The normalized spacial score (nSPS) is 14.5. The molecule has 0 aliphatic rings. The monoisotopic (exact) mass is 487 g/mol. The molecule has 0 aromatic heterocycles. The van der Waals surface area contributed by atoms with Gasteiger partial charge >= 0.3 is 0 Å². The number of phenols is 1. The first kappa shape index (κ1) is 27.2. The van der Waals surface area contributed by atoms with Crippen molar-refractivity contribution in [3.05, 3.63) is 94.0 Å². The van der Waals surface area contributed by atoms with Crippen molar-refractivity contribution in [1.29, 1.82) is 0 Å². The third kappa shape index (κ3) is 5.70. The largest absolute Gasteiger partial charge is 0.507 e. The molecule has 3 heteroatoms. The van der Waals surface area contributed by atoms with E-state index in [4.69, 9.17) is 4.99 Å². The predicted octanol–water partition coefficient (Wildman–Crippen LogP) is 8.18. The standard InChI is InChI=1S/C32H42NOP/c1-9-19-32(10-2,27-21-25(31(5,6)7)20-23(4)29(27)34)35-30-22(3)15-14-18-26(30)28(33-8)24-16-12-11-13-17-24/h11-18,20-21,34-35H,9-10,19H2,1-8H3/b33-28+.